The third kappa shape index (κ3) is 1.88. The Labute approximate surface area is 97.3 Å². The average molecular weight is 236 g/mol. The van der Waals surface area contributed by atoms with Crippen molar-refractivity contribution in [3.63, 3.8) is 0 Å². The van der Waals surface area contributed by atoms with Crippen molar-refractivity contribution in [2.24, 2.45) is 0 Å². The van der Waals surface area contributed by atoms with Gasteiger partial charge in [-0.05, 0) is 18.2 Å². The van der Waals surface area contributed by atoms with Crippen LogP contribution in [0.4, 0.5) is 5.69 Å². The molecule has 17 heavy (non-hydrogen) atoms. The van der Waals surface area contributed by atoms with Crippen LogP contribution in [0.3, 0.4) is 0 Å². The molecule has 90 valence electrons. The highest BCUT2D eigenvalue weighted by atomic mass is 16.3. The molecule has 0 saturated carbocycles. The van der Waals surface area contributed by atoms with Crippen LogP contribution in [-0.4, -0.2) is 46.2 Å². The number of imide groups is 1. The Kier molecular flexibility index (Phi) is 2.83. The molecule has 1 aromatic carbocycles. The van der Waals surface area contributed by atoms with Gasteiger partial charge in [0.2, 0.25) is 0 Å². The number of hydrogen-bond acceptors (Lipinski definition) is 5. The normalized spacial score (nSPS) is 16.2. The Morgan fingerprint density at radius 1 is 1.24 bits per heavy atom. The van der Waals surface area contributed by atoms with E-state index >= 15 is 0 Å². The fraction of sp³-hybridized carbons (Fsp3) is 0.273. The number of β-amino-alcohol motifs (C(OH)–C–C–N with tert-alkyl or cyclic N) is 1. The van der Waals surface area contributed by atoms with E-state index in [0.29, 0.717) is 5.69 Å². The number of aliphatic hydroxyl groups is 2. The number of anilines is 1. The summed E-state index contributed by atoms with van der Waals surface area (Å²) in [6, 6.07) is 4.45. The number of aliphatic hydroxyl groups excluding tert-OH is 2. The molecule has 6 heteroatoms. The summed E-state index contributed by atoms with van der Waals surface area (Å²) in [6.07, 6.45) is -1.13. The van der Waals surface area contributed by atoms with Gasteiger partial charge in [-0.2, -0.15) is 0 Å². The van der Waals surface area contributed by atoms with Gasteiger partial charge in [0.05, 0.1) is 30.4 Å². The first-order valence-electron chi connectivity index (χ1n) is 5.09. The number of amides is 2. The zero-order valence-electron chi connectivity index (χ0n) is 8.96. The minimum Gasteiger partial charge on any atom is -0.399 e. The van der Waals surface area contributed by atoms with E-state index in [1.54, 1.807) is 0 Å². The monoisotopic (exact) mass is 236 g/mol. The van der Waals surface area contributed by atoms with Crippen molar-refractivity contribution >= 4 is 17.5 Å². The second kappa shape index (κ2) is 4.15. The van der Waals surface area contributed by atoms with E-state index in [1.165, 1.54) is 18.2 Å². The molecule has 4 N–H and O–H groups in total. The fourth-order valence-corrected chi connectivity index (χ4v) is 1.74. The largest absolute Gasteiger partial charge is 0.399 e. The van der Waals surface area contributed by atoms with Crippen molar-refractivity contribution < 1.29 is 19.8 Å². The van der Waals surface area contributed by atoms with Gasteiger partial charge in [0, 0.05) is 5.69 Å². The first-order chi connectivity index (χ1) is 8.04. The molecule has 1 aliphatic heterocycles. The molecule has 1 aliphatic rings. The van der Waals surface area contributed by atoms with Gasteiger partial charge < -0.3 is 15.9 Å². The number of hydrogen-bond donors (Lipinski definition) is 3. The van der Waals surface area contributed by atoms with Gasteiger partial charge in [-0.1, -0.05) is 0 Å². The van der Waals surface area contributed by atoms with Gasteiger partial charge in [0.1, 0.15) is 0 Å². The highest BCUT2D eigenvalue weighted by Gasteiger charge is 2.36. The van der Waals surface area contributed by atoms with Crippen molar-refractivity contribution in [3.05, 3.63) is 29.3 Å². The van der Waals surface area contributed by atoms with Crippen LogP contribution in [0.2, 0.25) is 0 Å². The van der Waals surface area contributed by atoms with Crippen LogP contribution in [0.1, 0.15) is 20.7 Å². The number of nitrogen functional groups attached to an aromatic ring is 1. The van der Waals surface area contributed by atoms with E-state index in [-0.39, 0.29) is 17.7 Å². The highest BCUT2D eigenvalue weighted by molar-refractivity contribution is 6.21. The first-order valence-corrected chi connectivity index (χ1v) is 5.09. The Balaban J connectivity index is 2.32. The molecule has 6 nitrogen and oxygen atoms in total. The van der Waals surface area contributed by atoms with Crippen LogP contribution in [0.5, 0.6) is 0 Å². The zero-order valence-corrected chi connectivity index (χ0v) is 8.96. The van der Waals surface area contributed by atoms with E-state index in [1.807, 2.05) is 0 Å². The molecule has 0 aliphatic carbocycles. The molecule has 0 fully saturated rings. The van der Waals surface area contributed by atoms with Crippen LogP contribution in [0.15, 0.2) is 18.2 Å². The minimum absolute atomic E-state index is 0.219. The standard InChI is InChI=1S/C11H12N2O4/c12-6-1-2-8-9(3-6)11(17)13(10(8)16)4-7(15)5-14/h1-3,7,14-15H,4-5,12H2. The third-order valence-corrected chi connectivity index (χ3v) is 2.60. The topological polar surface area (TPSA) is 104 Å². The maximum absolute atomic E-state index is 11.9. The molecule has 1 heterocycles. The maximum Gasteiger partial charge on any atom is 0.261 e. The Hall–Kier alpha value is -1.92. The van der Waals surface area contributed by atoms with Gasteiger partial charge in [-0.25, -0.2) is 0 Å². The van der Waals surface area contributed by atoms with Gasteiger partial charge in [0.15, 0.2) is 0 Å². The Morgan fingerprint density at radius 3 is 2.53 bits per heavy atom. The molecule has 2 amide bonds. The SMILES string of the molecule is Nc1ccc2c(c1)C(=O)N(CC(O)CO)C2=O. The van der Waals surface area contributed by atoms with Crippen LogP contribution < -0.4 is 5.73 Å². The van der Waals surface area contributed by atoms with Gasteiger partial charge in [-0.15, -0.1) is 0 Å². The summed E-state index contributed by atoms with van der Waals surface area (Å²) in [5, 5.41) is 18.0. The van der Waals surface area contributed by atoms with E-state index in [9.17, 15) is 14.7 Å². The summed E-state index contributed by atoms with van der Waals surface area (Å²) in [5.41, 5.74) is 6.45. The van der Waals surface area contributed by atoms with Gasteiger partial charge >= 0.3 is 0 Å². The Morgan fingerprint density at radius 2 is 1.88 bits per heavy atom. The van der Waals surface area contributed by atoms with E-state index < -0.39 is 24.5 Å². The zero-order chi connectivity index (χ0) is 12.6. The Bertz CT molecular complexity index is 486. The second-order valence-corrected chi connectivity index (χ2v) is 3.86. The van der Waals surface area contributed by atoms with E-state index in [4.69, 9.17) is 10.8 Å². The van der Waals surface area contributed by atoms with Gasteiger partial charge in [0.25, 0.3) is 11.8 Å². The quantitative estimate of drug-likeness (QED) is 0.471. The molecule has 1 atom stereocenters. The lowest BCUT2D eigenvalue weighted by Gasteiger charge is -2.16. The first kappa shape index (κ1) is 11.6. The molecular weight excluding hydrogens is 224 g/mol. The number of carbonyl (C=O) groups is 2. The number of fused-ring (bicyclic) bond motifs is 1. The lowest BCUT2D eigenvalue weighted by molar-refractivity contribution is 0.0426. The van der Waals surface area contributed by atoms with E-state index in [0.717, 1.165) is 4.90 Å². The summed E-state index contributed by atoms with van der Waals surface area (Å²) in [6.45, 7) is -0.724. The molecule has 0 saturated heterocycles. The lowest BCUT2D eigenvalue weighted by atomic mass is 10.1. The molecule has 0 aromatic heterocycles. The smallest absolute Gasteiger partial charge is 0.261 e. The summed E-state index contributed by atoms with van der Waals surface area (Å²) in [5.74, 6) is -0.970. The molecule has 1 aromatic rings. The van der Waals surface area contributed by atoms with E-state index in [2.05, 4.69) is 0 Å². The number of carbonyl (C=O) groups excluding carboxylic acids is 2. The summed E-state index contributed by atoms with van der Waals surface area (Å²) in [4.78, 5) is 24.6. The van der Waals surface area contributed by atoms with Crippen molar-refractivity contribution in [1.82, 2.24) is 4.90 Å². The number of nitrogens with zero attached hydrogens (tertiary/aromatic N) is 1. The summed E-state index contributed by atoms with van der Waals surface area (Å²) in [7, 11) is 0. The maximum atomic E-state index is 11.9. The molecule has 1 unspecified atom stereocenters. The van der Waals surface area contributed by atoms with Crippen LogP contribution in [0, 0.1) is 0 Å². The molecule has 0 radical (unpaired) electrons. The third-order valence-electron chi connectivity index (χ3n) is 2.60. The highest BCUT2D eigenvalue weighted by Crippen LogP contribution is 2.24. The van der Waals surface area contributed by atoms with Crippen molar-refractivity contribution in [2.45, 2.75) is 6.10 Å². The van der Waals surface area contributed by atoms with Crippen molar-refractivity contribution in [2.75, 3.05) is 18.9 Å². The fourth-order valence-electron chi connectivity index (χ4n) is 1.74. The predicted octanol–water partition coefficient (Wildman–Crippen LogP) is -0.782. The lowest BCUT2D eigenvalue weighted by Crippen LogP contribution is -2.38. The molecule has 2 rings (SSSR count). The molecule has 0 bridgehead atoms. The molecular formula is C11H12N2O4. The van der Waals surface area contributed by atoms with Crippen LogP contribution >= 0.6 is 0 Å². The number of nitrogens with two attached hydrogens (primary N) is 1. The van der Waals surface area contributed by atoms with Crippen LogP contribution in [0.25, 0.3) is 0 Å². The predicted molar refractivity (Wildman–Crippen MR) is 59.3 cm³/mol. The minimum atomic E-state index is -1.13. The van der Waals surface area contributed by atoms with Crippen LogP contribution in [-0.2, 0) is 0 Å². The number of benzene rings is 1. The van der Waals surface area contributed by atoms with Crippen molar-refractivity contribution in [1.29, 1.82) is 0 Å². The molecule has 0 spiro atoms. The second-order valence-electron chi connectivity index (χ2n) is 3.86. The summed E-state index contributed by atoms with van der Waals surface area (Å²) >= 11 is 0. The summed E-state index contributed by atoms with van der Waals surface area (Å²) < 4.78 is 0. The average Bonchev–Trinajstić information content (AvgIpc) is 2.54. The number of rotatable bonds is 3. The van der Waals surface area contributed by atoms with Gasteiger partial charge in [-0.3, -0.25) is 14.5 Å². The van der Waals surface area contributed by atoms with Crippen molar-refractivity contribution in [3.8, 4) is 0 Å².